The van der Waals surface area contributed by atoms with Crippen molar-refractivity contribution >= 4 is 27.9 Å². The SMILES string of the molecule is CC(Nc1nccc2ccccc12)c1cccs1. The molecule has 1 N–H and O–H groups in total. The Hall–Kier alpha value is -1.87. The van der Waals surface area contributed by atoms with Crippen molar-refractivity contribution < 1.29 is 0 Å². The van der Waals surface area contributed by atoms with Crippen molar-refractivity contribution in [3.8, 4) is 0 Å². The summed E-state index contributed by atoms with van der Waals surface area (Å²) >= 11 is 1.77. The number of hydrogen-bond acceptors (Lipinski definition) is 3. The summed E-state index contributed by atoms with van der Waals surface area (Å²) in [5, 5.41) is 7.97. The molecule has 1 atom stereocenters. The molecule has 0 aliphatic heterocycles. The van der Waals surface area contributed by atoms with Crippen molar-refractivity contribution in [3.63, 3.8) is 0 Å². The number of anilines is 1. The Morgan fingerprint density at radius 3 is 2.83 bits per heavy atom. The van der Waals surface area contributed by atoms with Crippen LogP contribution in [0.15, 0.2) is 54.0 Å². The maximum atomic E-state index is 4.45. The molecule has 0 saturated heterocycles. The van der Waals surface area contributed by atoms with E-state index in [0.29, 0.717) is 0 Å². The highest BCUT2D eigenvalue weighted by molar-refractivity contribution is 7.10. The topological polar surface area (TPSA) is 24.9 Å². The Labute approximate surface area is 110 Å². The van der Waals surface area contributed by atoms with Gasteiger partial charge in [0.15, 0.2) is 0 Å². The van der Waals surface area contributed by atoms with Gasteiger partial charge in [-0.1, -0.05) is 30.3 Å². The Balaban J connectivity index is 1.95. The van der Waals surface area contributed by atoms with Crippen LogP contribution in [0.25, 0.3) is 10.8 Å². The molecular weight excluding hydrogens is 240 g/mol. The average Bonchev–Trinajstić information content (AvgIpc) is 2.93. The number of pyridine rings is 1. The van der Waals surface area contributed by atoms with E-state index in [0.717, 1.165) is 5.82 Å². The highest BCUT2D eigenvalue weighted by atomic mass is 32.1. The van der Waals surface area contributed by atoms with Crippen LogP contribution in [0.5, 0.6) is 0 Å². The van der Waals surface area contributed by atoms with Crippen molar-refractivity contribution in [3.05, 3.63) is 58.9 Å². The van der Waals surface area contributed by atoms with Crippen LogP contribution in [-0.4, -0.2) is 4.98 Å². The fourth-order valence-electron chi connectivity index (χ4n) is 2.05. The number of fused-ring (bicyclic) bond motifs is 1. The molecule has 2 heterocycles. The second-order valence-corrected chi connectivity index (χ2v) is 5.24. The second kappa shape index (κ2) is 4.78. The van der Waals surface area contributed by atoms with Crippen molar-refractivity contribution in [1.29, 1.82) is 0 Å². The van der Waals surface area contributed by atoms with E-state index in [9.17, 15) is 0 Å². The minimum Gasteiger partial charge on any atom is -0.362 e. The van der Waals surface area contributed by atoms with Gasteiger partial charge in [-0.3, -0.25) is 0 Å². The minimum absolute atomic E-state index is 0.281. The van der Waals surface area contributed by atoms with E-state index in [1.165, 1.54) is 15.6 Å². The van der Waals surface area contributed by atoms with E-state index in [2.05, 4.69) is 52.9 Å². The number of rotatable bonds is 3. The zero-order chi connectivity index (χ0) is 12.4. The smallest absolute Gasteiger partial charge is 0.134 e. The number of hydrogen-bond donors (Lipinski definition) is 1. The molecule has 18 heavy (non-hydrogen) atoms. The van der Waals surface area contributed by atoms with E-state index in [-0.39, 0.29) is 6.04 Å². The fourth-order valence-corrected chi connectivity index (χ4v) is 2.78. The van der Waals surface area contributed by atoms with Crippen LogP contribution in [0.1, 0.15) is 17.8 Å². The zero-order valence-electron chi connectivity index (χ0n) is 10.1. The van der Waals surface area contributed by atoms with Crippen molar-refractivity contribution in [2.75, 3.05) is 5.32 Å². The van der Waals surface area contributed by atoms with Crippen LogP contribution in [0.4, 0.5) is 5.82 Å². The first-order valence-electron chi connectivity index (χ1n) is 5.98. The molecule has 1 aromatic carbocycles. The summed E-state index contributed by atoms with van der Waals surface area (Å²) in [6.07, 6.45) is 1.85. The Bertz CT molecular complexity index is 641. The first-order valence-corrected chi connectivity index (χ1v) is 6.86. The second-order valence-electron chi connectivity index (χ2n) is 4.26. The van der Waals surface area contributed by atoms with Gasteiger partial charge in [0, 0.05) is 16.5 Å². The van der Waals surface area contributed by atoms with Crippen molar-refractivity contribution in [2.45, 2.75) is 13.0 Å². The first-order chi connectivity index (χ1) is 8.84. The third-order valence-corrected chi connectivity index (χ3v) is 4.05. The number of benzene rings is 1. The highest BCUT2D eigenvalue weighted by Gasteiger charge is 2.08. The lowest BCUT2D eigenvalue weighted by Gasteiger charge is -2.14. The molecule has 0 aliphatic rings. The van der Waals surface area contributed by atoms with Gasteiger partial charge in [0.05, 0.1) is 6.04 Å². The molecule has 0 radical (unpaired) electrons. The van der Waals surface area contributed by atoms with Crippen LogP contribution < -0.4 is 5.32 Å². The number of nitrogens with zero attached hydrogens (tertiary/aromatic N) is 1. The van der Waals surface area contributed by atoms with Gasteiger partial charge in [0.25, 0.3) is 0 Å². The van der Waals surface area contributed by atoms with Crippen molar-refractivity contribution in [1.82, 2.24) is 4.98 Å². The molecule has 2 nitrogen and oxygen atoms in total. The van der Waals surface area contributed by atoms with Crippen LogP contribution in [0.2, 0.25) is 0 Å². The summed E-state index contributed by atoms with van der Waals surface area (Å²) < 4.78 is 0. The molecule has 0 aliphatic carbocycles. The van der Waals surface area contributed by atoms with Gasteiger partial charge >= 0.3 is 0 Å². The average molecular weight is 254 g/mol. The lowest BCUT2D eigenvalue weighted by Crippen LogP contribution is -2.06. The lowest BCUT2D eigenvalue weighted by molar-refractivity contribution is 0.900. The van der Waals surface area contributed by atoms with E-state index >= 15 is 0 Å². The summed E-state index contributed by atoms with van der Waals surface area (Å²) in [6, 6.07) is 14.9. The molecule has 0 amide bonds. The molecule has 0 bridgehead atoms. The first kappa shape index (κ1) is 11.2. The fraction of sp³-hybridized carbons (Fsp3) is 0.133. The predicted octanol–water partition coefficient (Wildman–Crippen LogP) is 4.47. The largest absolute Gasteiger partial charge is 0.362 e. The quantitative estimate of drug-likeness (QED) is 0.746. The Morgan fingerprint density at radius 2 is 2.00 bits per heavy atom. The summed E-state index contributed by atoms with van der Waals surface area (Å²) in [4.78, 5) is 5.77. The van der Waals surface area contributed by atoms with Gasteiger partial charge in [-0.15, -0.1) is 11.3 Å². The van der Waals surface area contributed by atoms with E-state index in [4.69, 9.17) is 0 Å². The summed E-state index contributed by atoms with van der Waals surface area (Å²) in [5.41, 5.74) is 0. The standard InChI is InChI=1S/C15H14N2S/c1-11(14-7-4-10-18-14)17-15-13-6-3-2-5-12(13)8-9-16-15/h2-11H,1H3,(H,16,17). The minimum atomic E-state index is 0.281. The normalized spacial score (nSPS) is 12.5. The molecule has 0 spiro atoms. The van der Waals surface area contributed by atoms with Crippen LogP contribution in [0.3, 0.4) is 0 Å². The summed E-state index contributed by atoms with van der Waals surface area (Å²) in [6.45, 7) is 2.16. The zero-order valence-corrected chi connectivity index (χ0v) is 10.9. The van der Waals surface area contributed by atoms with Gasteiger partial charge in [-0.05, 0) is 29.8 Å². The van der Waals surface area contributed by atoms with Gasteiger partial charge in [0.1, 0.15) is 5.82 Å². The van der Waals surface area contributed by atoms with Crippen LogP contribution in [-0.2, 0) is 0 Å². The van der Waals surface area contributed by atoms with E-state index in [1.807, 2.05) is 18.3 Å². The molecule has 0 saturated carbocycles. The molecule has 90 valence electrons. The number of nitrogens with one attached hydrogen (secondary N) is 1. The number of thiophene rings is 1. The third-order valence-electron chi connectivity index (χ3n) is 3.00. The molecule has 3 rings (SSSR count). The summed E-state index contributed by atoms with van der Waals surface area (Å²) in [5.74, 6) is 0.953. The maximum Gasteiger partial charge on any atom is 0.134 e. The predicted molar refractivity (Wildman–Crippen MR) is 78.1 cm³/mol. The lowest BCUT2D eigenvalue weighted by atomic mass is 10.1. The molecule has 1 unspecified atom stereocenters. The Morgan fingerprint density at radius 1 is 1.11 bits per heavy atom. The van der Waals surface area contributed by atoms with Crippen LogP contribution >= 0.6 is 11.3 Å². The van der Waals surface area contributed by atoms with E-state index < -0.39 is 0 Å². The molecule has 3 heteroatoms. The van der Waals surface area contributed by atoms with Gasteiger partial charge in [-0.25, -0.2) is 4.98 Å². The Kier molecular flexibility index (Phi) is 2.99. The third kappa shape index (κ3) is 2.09. The maximum absolute atomic E-state index is 4.45. The number of aromatic nitrogens is 1. The van der Waals surface area contributed by atoms with Crippen LogP contribution in [0, 0.1) is 0 Å². The monoisotopic (exact) mass is 254 g/mol. The summed E-state index contributed by atoms with van der Waals surface area (Å²) in [7, 11) is 0. The highest BCUT2D eigenvalue weighted by Crippen LogP contribution is 2.26. The van der Waals surface area contributed by atoms with Gasteiger partial charge < -0.3 is 5.32 Å². The molecule has 2 aromatic heterocycles. The molecule has 0 fully saturated rings. The van der Waals surface area contributed by atoms with Gasteiger partial charge in [-0.2, -0.15) is 0 Å². The molecular formula is C15H14N2S. The van der Waals surface area contributed by atoms with Crippen molar-refractivity contribution in [2.24, 2.45) is 0 Å². The van der Waals surface area contributed by atoms with E-state index in [1.54, 1.807) is 11.3 Å². The molecule has 3 aromatic rings. The van der Waals surface area contributed by atoms with Gasteiger partial charge in [0.2, 0.25) is 0 Å².